The highest BCUT2D eigenvalue weighted by Crippen LogP contribution is 2.33. The smallest absolute Gasteiger partial charge is 0.335 e. The maximum Gasteiger partial charge on any atom is 0.414 e. The Morgan fingerprint density at radius 2 is 1.97 bits per heavy atom. The number of aromatic nitrogens is 1. The van der Waals surface area contributed by atoms with E-state index in [2.05, 4.69) is 10.3 Å². The molecule has 2 aromatic rings. The van der Waals surface area contributed by atoms with Gasteiger partial charge in [-0.25, -0.2) is 0 Å². The van der Waals surface area contributed by atoms with Crippen LogP contribution in [-0.4, -0.2) is 45.7 Å². The van der Waals surface area contributed by atoms with Gasteiger partial charge in [-0.2, -0.15) is 13.2 Å². The van der Waals surface area contributed by atoms with Gasteiger partial charge in [-0.1, -0.05) is 6.07 Å². The zero-order valence-electron chi connectivity index (χ0n) is 17.4. The van der Waals surface area contributed by atoms with E-state index in [1.54, 1.807) is 6.92 Å². The molecule has 0 bridgehead atoms. The lowest BCUT2D eigenvalue weighted by molar-refractivity contribution is -0.156. The Balaban J connectivity index is 1.54. The number of halogens is 3. The Hall–Kier alpha value is -3.76. The standard InChI is InChI=1S/C22H19F3N4O4/c1-11-2-5-15(26-9-11)18(22(23,24)25)28-19(31)12-3-4-14-13(8-12)10-29(21(14)33)16-6-7-17(30)27-20(16)32/h2-5,8-9,16,18H,6-7,10H2,1H3,(H,28,31)(H,27,30,32)/t16?,18-/m1/s1. The van der Waals surface area contributed by atoms with Gasteiger partial charge in [0.15, 0.2) is 6.04 Å². The van der Waals surface area contributed by atoms with Crippen molar-refractivity contribution in [3.8, 4) is 0 Å². The van der Waals surface area contributed by atoms with Gasteiger partial charge >= 0.3 is 6.18 Å². The monoisotopic (exact) mass is 460 g/mol. The fraction of sp³-hybridized carbons (Fsp3) is 0.318. The number of nitrogens with one attached hydrogen (secondary N) is 2. The third-order valence-corrected chi connectivity index (χ3v) is 5.62. The normalized spacial score (nSPS) is 19.2. The van der Waals surface area contributed by atoms with Crippen LogP contribution in [-0.2, 0) is 16.1 Å². The first-order valence-corrected chi connectivity index (χ1v) is 10.1. The van der Waals surface area contributed by atoms with Gasteiger partial charge < -0.3 is 10.2 Å². The van der Waals surface area contributed by atoms with Crippen LogP contribution in [0.5, 0.6) is 0 Å². The lowest BCUT2D eigenvalue weighted by Crippen LogP contribution is -2.52. The van der Waals surface area contributed by atoms with Crippen molar-refractivity contribution in [2.45, 2.75) is 44.6 Å². The van der Waals surface area contributed by atoms with Crippen LogP contribution in [0, 0.1) is 6.92 Å². The van der Waals surface area contributed by atoms with E-state index in [0.717, 1.165) is 0 Å². The van der Waals surface area contributed by atoms with Gasteiger partial charge in [-0.15, -0.1) is 0 Å². The minimum Gasteiger partial charge on any atom is -0.335 e. The van der Waals surface area contributed by atoms with Gasteiger partial charge in [-0.3, -0.25) is 29.5 Å². The molecule has 33 heavy (non-hydrogen) atoms. The van der Waals surface area contributed by atoms with Gasteiger partial charge in [0.25, 0.3) is 11.8 Å². The van der Waals surface area contributed by atoms with E-state index in [-0.39, 0.29) is 36.2 Å². The molecular weight excluding hydrogens is 441 g/mol. The number of carbonyl (C=O) groups is 4. The summed E-state index contributed by atoms with van der Waals surface area (Å²) in [5.74, 6) is -2.41. The number of hydrogen-bond acceptors (Lipinski definition) is 5. The third-order valence-electron chi connectivity index (χ3n) is 5.62. The number of piperidine rings is 1. The van der Waals surface area contributed by atoms with E-state index in [1.165, 1.54) is 41.4 Å². The SMILES string of the molecule is Cc1ccc([C@@H](NC(=O)c2ccc3c(c2)CN(C2CCC(=O)NC2=O)C3=O)C(F)(F)F)nc1. The summed E-state index contributed by atoms with van der Waals surface area (Å²) in [6.45, 7) is 1.69. The van der Waals surface area contributed by atoms with Crippen LogP contribution in [0.15, 0.2) is 36.5 Å². The number of rotatable bonds is 4. The average Bonchev–Trinajstić information content (AvgIpc) is 3.07. The molecule has 1 aromatic heterocycles. The highest BCUT2D eigenvalue weighted by Gasteiger charge is 2.43. The second kappa shape index (κ2) is 8.30. The van der Waals surface area contributed by atoms with E-state index < -0.39 is 41.9 Å². The molecule has 2 aliphatic heterocycles. The molecule has 11 heteroatoms. The van der Waals surface area contributed by atoms with Crippen molar-refractivity contribution >= 4 is 23.6 Å². The molecule has 2 N–H and O–H groups in total. The molecule has 0 aliphatic carbocycles. The third kappa shape index (κ3) is 4.43. The highest BCUT2D eigenvalue weighted by molar-refractivity contribution is 6.06. The van der Waals surface area contributed by atoms with Crippen molar-refractivity contribution in [2.24, 2.45) is 0 Å². The maximum absolute atomic E-state index is 13.6. The van der Waals surface area contributed by atoms with Gasteiger partial charge in [0, 0.05) is 30.3 Å². The Bertz CT molecular complexity index is 1150. The number of carbonyl (C=O) groups excluding carboxylic acids is 4. The summed E-state index contributed by atoms with van der Waals surface area (Å²) in [4.78, 5) is 54.0. The molecule has 4 amide bonds. The van der Waals surface area contributed by atoms with Crippen molar-refractivity contribution < 1.29 is 32.3 Å². The topological polar surface area (TPSA) is 108 Å². The first kappa shape index (κ1) is 22.4. The number of imide groups is 1. The summed E-state index contributed by atoms with van der Waals surface area (Å²) in [5, 5.41) is 4.16. The highest BCUT2D eigenvalue weighted by atomic mass is 19.4. The largest absolute Gasteiger partial charge is 0.414 e. The summed E-state index contributed by atoms with van der Waals surface area (Å²) in [6.07, 6.45) is -3.22. The lowest BCUT2D eigenvalue weighted by atomic mass is 10.0. The van der Waals surface area contributed by atoms with E-state index in [0.29, 0.717) is 11.1 Å². The van der Waals surface area contributed by atoms with Crippen molar-refractivity contribution in [3.63, 3.8) is 0 Å². The molecule has 1 aromatic carbocycles. The molecule has 3 heterocycles. The van der Waals surface area contributed by atoms with Crippen LogP contribution in [0.1, 0.15) is 56.4 Å². The van der Waals surface area contributed by atoms with Crippen LogP contribution < -0.4 is 10.6 Å². The van der Waals surface area contributed by atoms with E-state index in [4.69, 9.17) is 0 Å². The summed E-state index contributed by atoms with van der Waals surface area (Å²) in [5.41, 5.74) is 0.933. The van der Waals surface area contributed by atoms with Crippen molar-refractivity contribution in [1.82, 2.24) is 20.5 Å². The van der Waals surface area contributed by atoms with Crippen molar-refractivity contribution in [3.05, 3.63) is 64.5 Å². The Kier molecular flexibility index (Phi) is 5.64. The first-order valence-electron chi connectivity index (χ1n) is 10.1. The lowest BCUT2D eigenvalue weighted by Gasteiger charge is -2.29. The number of pyridine rings is 1. The van der Waals surface area contributed by atoms with Crippen LogP contribution in [0.3, 0.4) is 0 Å². The maximum atomic E-state index is 13.6. The van der Waals surface area contributed by atoms with Crippen LogP contribution in [0.25, 0.3) is 0 Å². The van der Waals surface area contributed by atoms with E-state index in [9.17, 15) is 32.3 Å². The molecule has 1 fully saturated rings. The van der Waals surface area contributed by atoms with Crippen LogP contribution in [0.2, 0.25) is 0 Å². The number of benzene rings is 1. The predicted molar refractivity (Wildman–Crippen MR) is 108 cm³/mol. The number of hydrogen-bond donors (Lipinski definition) is 2. The minimum absolute atomic E-state index is 0.00375. The summed E-state index contributed by atoms with van der Waals surface area (Å²) in [6, 6.07) is 3.48. The number of nitrogens with zero attached hydrogens (tertiary/aromatic N) is 2. The second-order valence-corrected chi connectivity index (χ2v) is 7.98. The number of aryl methyl sites for hydroxylation is 1. The zero-order chi connectivity index (χ0) is 23.9. The molecule has 4 rings (SSSR count). The summed E-state index contributed by atoms with van der Waals surface area (Å²) in [7, 11) is 0. The Morgan fingerprint density at radius 1 is 1.21 bits per heavy atom. The average molecular weight is 460 g/mol. The fourth-order valence-electron chi connectivity index (χ4n) is 3.90. The molecule has 1 saturated heterocycles. The molecule has 2 aliphatic rings. The molecule has 8 nitrogen and oxygen atoms in total. The molecular formula is C22H19F3N4O4. The molecule has 0 spiro atoms. The van der Waals surface area contributed by atoms with Gasteiger partial charge in [0.1, 0.15) is 6.04 Å². The zero-order valence-corrected chi connectivity index (χ0v) is 17.4. The minimum atomic E-state index is -4.77. The molecule has 0 saturated carbocycles. The molecule has 0 radical (unpaired) electrons. The summed E-state index contributed by atoms with van der Waals surface area (Å²) < 4.78 is 40.8. The Morgan fingerprint density at radius 3 is 2.61 bits per heavy atom. The number of amides is 4. The second-order valence-electron chi connectivity index (χ2n) is 7.98. The number of alkyl halides is 3. The first-order chi connectivity index (χ1) is 15.5. The molecule has 172 valence electrons. The molecule has 2 atom stereocenters. The predicted octanol–water partition coefficient (Wildman–Crippen LogP) is 2.18. The van der Waals surface area contributed by atoms with Crippen LogP contribution >= 0.6 is 0 Å². The summed E-state index contributed by atoms with van der Waals surface area (Å²) >= 11 is 0. The quantitative estimate of drug-likeness (QED) is 0.680. The molecule has 1 unspecified atom stereocenters. The van der Waals surface area contributed by atoms with Gasteiger partial charge in [0.2, 0.25) is 11.8 Å². The van der Waals surface area contributed by atoms with Crippen LogP contribution in [0.4, 0.5) is 13.2 Å². The van der Waals surface area contributed by atoms with Gasteiger partial charge in [-0.05, 0) is 48.7 Å². The van der Waals surface area contributed by atoms with Gasteiger partial charge in [0.05, 0.1) is 5.69 Å². The van der Waals surface area contributed by atoms with E-state index in [1.807, 2.05) is 5.32 Å². The Labute approximate surface area is 186 Å². The van der Waals surface area contributed by atoms with Crippen molar-refractivity contribution in [1.29, 1.82) is 0 Å². The van der Waals surface area contributed by atoms with E-state index >= 15 is 0 Å². The van der Waals surface area contributed by atoms with Crippen molar-refractivity contribution in [2.75, 3.05) is 0 Å². The fourth-order valence-corrected chi connectivity index (χ4v) is 3.90. The number of fused-ring (bicyclic) bond motifs is 1.